The molecule has 2 heterocycles. The Balaban J connectivity index is 1.52. The minimum atomic E-state index is -4.52. The molecule has 2 aromatic heterocycles. The number of amides is 1. The predicted molar refractivity (Wildman–Crippen MR) is 103 cm³/mol. The van der Waals surface area contributed by atoms with Crippen LogP contribution in [0.25, 0.3) is 10.9 Å². The number of carbonyl (C=O) groups is 1. The van der Waals surface area contributed by atoms with Gasteiger partial charge in [-0.3, -0.25) is 4.79 Å². The fraction of sp³-hybridized carbons (Fsp3) is 0.333. The Labute approximate surface area is 165 Å². The van der Waals surface area contributed by atoms with Gasteiger partial charge >= 0.3 is 6.18 Å². The Kier molecular flexibility index (Phi) is 5.17. The van der Waals surface area contributed by atoms with Crippen LogP contribution < -0.4 is 10.6 Å². The quantitative estimate of drug-likeness (QED) is 0.643. The van der Waals surface area contributed by atoms with E-state index in [1.165, 1.54) is 12.5 Å². The minimum Gasteiger partial charge on any atom is -0.472 e. The van der Waals surface area contributed by atoms with Crippen LogP contribution in [0.5, 0.6) is 0 Å². The van der Waals surface area contributed by atoms with Gasteiger partial charge in [0.05, 0.1) is 17.3 Å². The number of benzene rings is 1. The number of aromatic nitrogens is 1. The van der Waals surface area contributed by atoms with Gasteiger partial charge in [-0.15, -0.1) is 0 Å². The Morgan fingerprint density at radius 2 is 1.93 bits per heavy atom. The summed E-state index contributed by atoms with van der Waals surface area (Å²) in [6, 6.07) is 9.32. The lowest BCUT2D eigenvalue weighted by molar-refractivity contribution is -0.140. The summed E-state index contributed by atoms with van der Waals surface area (Å²) in [6.45, 7) is 0. The van der Waals surface area contributed by atoms with Crippen molar-refractivity contribution in [3.8, 4) is 0 Å². The highest BCUT2D eigenvalue weighted by Gasteiger charge is 2.34. The molecule has 0 spiro atoms. The van der Waals surface area contributed by atoms with Crippen molar-refractivity contribution in [2.75, 3.05) is 5.32 Å². The molecule has 1 fully saturated rings. The lowest BCUT2D eigenvalue weighted by atomic mass is 9.90. The molecule has 0 unspecified atom stereocenters. The van der Waals surface area contributed by atoms with Gasteiger partial charge in [0, 0.05) is 23.2 Å². The molecule has 0 radical (unpaired) electrons. The fourth-order valence-corrected chi connectivity index (χ4v) is 3.77. The summed E-state index contributed by atoms with van der Waals surface area (Å²) >= 11 is 0. The predicted octanol–water partition coefficient (Wildman–Crippen LogP) is 5.00. The van der Waals surface area contributed by atoms with Gasteiger partial charge in [0.2, 0.25) is 0 Å². The number of furan rings is 1. The molecule has 1 saturated carbocycles. The van der Waals surface area contributed by atoms with Crippen LogP contribution in [0.2, 0.25) is 0 Å². The summed E-state index contributed by atoms with van der Waals surface area (Å²) in [6.07, 6.45) is 1.43. The maximum Gasteiger partial charge on any atom is 0.433 e. The molecule has 1 aromatic carbocycles. The lowest BCUT2D eigenvalue weighted by Gasteiger charge is -2.31. The second-order valence-electron chi connectivity index (χ2n) is 7.26. The summed E-state index contributed by atoms with van der Waals surface area (Å²) < 4.78 is 44.7. The van der Waals surface area contributed by atoms with Crippen LogP contribution in [0.3, 0.4) is 0 Å². The summed E-state index contributed by atoms with van der Waals surface area (Å²) in [5.74, 6) is -0.210. The number of nitrogens with zero attached hydrogens (tertiary/aromatic N) is 1. The molecule has 1 amide bonds. The summed E-state index contributed by atoms with van der Waals surface area (Å²) in [7, 11) is 0. The molecule has 152 valence electrons. The van der Waals surface area contributed by atoms with Crippen molar-refractivity contribution >= 4 is 22.5 Å². The van der Waals surface area contributed by atoms with Gasteiger partial charge in [-0.1, -0.05) is 18.2 Å². The number of fused-ring (bicyclic) bond motifs is 1. The van der Waals surface area contributed by atoms with Gasteiger partial charge in [0.25, 0.3) is 5.91 Å². The van der Waals surface area contributed by atoms with E-state index in [-0.39, 0.29) is 18.0 Å². The third kappa shape index (κ3) is 4.36. The van der Waals surface area contributed by atoms with Crippen molar-refractivity contribution in [2.45, 2.75) is 43.9 Å². The van der Waals surface area contributed by atoms with Crippen molar-refractivity contribution in [3.63, 3.8) is 0 Å². The van der Waals surface area contributed by atoms with Gasteiger partial charge < -0.3 is 15.1 Å². The van der Waals surface area contributed by atoms with Crippen molar-refractivity contribution < 1.29 is 22.4 Å². The lowest BCUT2D eigenvalue weighted by Crippen LogP contribution is -2.41. The monoisotopic (exact) mass is 403 g/mol. The van der Waals surface area contributed by atoms with Gasteiger partial charge in [-0.2, -0.15) is 13.2 Å². The van der Waals surface area contributed by atoms with Crippen molar-refractivity contribution in [3.05, 3.63) is 60.2 Å². The van der Waals surface area contributed by atoms with E-state index in [2.05, 4.69) is 15.6 Å². The average molecular weight is 403 g/mol. The summed E-state index contributed by atoms with van der Waals surface area (Å²) in [5.41, 5.74) is 0.245. The molecule has 29 heavy (non-hydrogen) atoms. The molecule has 0 bridgehead atoms. The minimum absolute atomic E-state index is 0.0507. The third-order valence-corrected chi connectivity index (χ3v) is 5.16. The Bertz CT molecular complexity index is 1000. The first-order chi connectivity index (χ1) is 13.9. The molecule has 4 rings (SSSR count). The number of anilines is 1. The fourth-order valence-electron chi connectivity index (χ4n) is 3.77. The highest BCUT2D eigenvalue weighted by Crippen LogP contribution is 2.34. The normalized spacial score (nSPS) is 19.8. The molecule has 0 aliphatic heterocycles. The van der Waals surface area contributed by atoms with E-state index in [0.717, 1.165) is 25.3 Å². The van der Waals surface area contributed by atoms with Gasteiger partial charge in [0.1, 0.15) is 12.0 Å². The number of hydrogen-bond acceptors (Lipinski definition) is 4. The molecule has 8 heteroatoms. The maximum atomic E-state index is 13.3. The number of alkyl halides is 3. The first-order valence-electron chi connectivity index (χ1n) is 9.47. The molecular formula is C21H20F3N3O2. The van der Waals surface area contributed by atoms with Gasteiger partial charge in [0.15, 0.2) is 0 Å². The largest absolute Gasteiger partial charge is 0.472 e. The van der Waals surface area contributed by atoms with E-state index in [9.17, 15) is 18.0 Å². The molecule has 2 atom stereocenters. The number of nitrogens with one attached hydrogen (secondary N) is 2. The zero-order chi connectivity index (χ0) is 20.4. The van der Waals surface area contributed by atoms with Gasteiger partial charge in [-0.05, 0) is 43.9 Å². The van der Waals surface area contributed by atoms with E-state index in [1.807, 2.05) is 0 Å². The maximum absolute atomic E-state index is 13.3. The van der Waals surface area contributed by atoms with Crippen molar-refractivity contribution in [1.82, 2.24) is 10.3 Å². The van der Waals surface area contributed by atoms with Crippen LogP contribution in [0, 0.1) is 0 Å². The van der Waals surface area contributed by atoms with E-state index in [0.29, 0.717) is 28.6 Å². The topological polar surface area (TPSA) is 67.2 Å². The molecule has 3 aromatic rings. The van der Waals surface area contributed by atoms with E-state index in [1.54, 1.807) is 30.3 Å². The van der Waals surface area contributed by atoms with E-state index in [4.69, 9.17) is 4.42 Å². The Morgan fingerprint density at radius 1 is 1.14 bits per heavy atom. The Hall–Kier alpha value is -3.03. The zero-order valence-electron chi connectivity index (χ0n) is 15.5. The van der Waals surface area contributed by atoms with Crippen LogP contribution in [0.15, 0.2) is 53.3 Å². The number of rotatable bonds is 4. The SMILES string of the molecule is O=C(N[C@@H]1CCC[C@H](Nc2cc(C(F)(F)F)nc3ccccc23)C1)c1ccoc1. The van der Waals surface area contributed by atoms with Crippen LogP contribution in [-0.4, -0.2) is 23.0 Å². The molecule has 0 saturated heterocycles. The number of pyridine rings is 1. The molecular weight excluding hydrogens is 383 g/mol. The van der Waals surface area contributed by atoms with Crippen molar-refractivity contribution in [2.24, 2.45) is 0 Å². The molecule has 1 aliphatic carbocycles. The van der Waals surface area contributed by atoms with Crippen molar-refractivity contribution in [1.29, 1.82) is 0 Å². The first kappa shape index (κ1) is 19.3. The van der Waals surface area contributed by atoms with E-state index < -0.39 is 11.9 Å². The molecule has 1 aliphatic rings. The van der Waals surface area contributed by atoms with Gasteiger partial charge in [-0.25, -0.2) is 4.98 Å². The molecule has 5 nitrogen and oxygen atoms in total. The second kappa shape index (κ2) is 7.77. The van der Waals surface area contributed by atoms with Crippen LogP contribution in [0.1, 0.15) is 41.7 Å². The van der Waals surface area contributed by atoms with Crippen LogP contribution in [0.4, 0.5) is 18.9 Å². The smallest absolute Gasteiger partial charge is 0.433 e. The number of para-hydroxylation sites is 1. The highest BCUT2D eigenvalue weighted by atomic mass is 19.4. The number of hydrogen-bond donors (Lipinski definition) is 2. The highest BCUT2D eigenvalue weighted by molar-refractivity contribution is 5.94. The zero-order valence-corrected chi connectivity index (χ0v) is 15.5. The second-order valence-corrected chi connectivity index (χ2v) is 7.26. The molecule has 2 N–H and O–H groups in total. The number of carbonyl (C=O) groups excluding carboxylic acids is 1. The van der Waals surface area contributed by atoms with Crippen LogP contribution in [-0.2, 0) is 6.18 Å². The first-order valence-corrected chi connectivity index (χ1v) is 9.47. The Morgan fingerprint density at radius 3 is 2.69 bits per heavy atom. The average Bonchev–Trinajstić information content (AvgIpc) is 3.22. The summed E-state index contributed by atoms with van der Waals surface area (Å²) in [5, 5.41) is 6.89. The summed E-state index contributed by atoms with van der Waals surface area (Å²) in [4.78, 5) is 16.0. The standard InChI is InChI=1S/C21H20F3N3O2/c22-21(23,24)19-11-18(16-6-1-2-7-17(16)27-19)25-14-4-3-5-15(10-14)26-20(28)13-8-9-29-12-13/h1-2,6-9,11-12,14-15H,3-5,10H2,(H,25,27)(H,26,28)/t14-,15+/m0/s1. The van der Waals surface area contributed by atoms with Crippen LogP contribution >= 0.6 is 0 Å². The third-order valence-electron chi connectivity index (χ3n) is 5.16. The number of halogens is 3. The van der Waals surface area contributed by atoms with E-state index >= 15 is 0 Å².